The van der Waals surface area contributed by atoms with Crippen LogP contribution in [-0.2, 0) is 17.8 Å². The van der Waals surface area contributed by atoms with Crippen molar-refractivity contribution in [3.63, 3.8) is 0 Å². The molecule has 1 aliphatic rings. The van der Waals surface area contributed by atoms with Crippen molar-refractivity contribution in [1.29, 1.82) is 0 Å². The van der Waals surface area contributed by atoms with E-state index in [0.29, 0.717) is 18.0 Å². The number of hydrogen-bond donors (Lipinski definition) is 1. The molecule has 0 atom stereocenters. The molecule has 0 fully saturated rings. The fraction of sp³-hybridized carbons (Fsp3) is 0.200. The predicted octanol–water partition coefficient (Wildman–Crippen LogP) is 3.60. The SMILES string of the molecule is O=C(CCc1ncc(-c2c(F)cccc2F)o1)NCc1ccc2c(c1)OCO2. The Balaban J connectivity index is 1.31. The minimum Gasteiger partial charge on any atom is -0.454 e. The third kappa shape index (κ3) is 3.80. The molecule has 144 valence electrons. The number of fused-ring (bicyclic) bond motifs is 1. The van der Waals surface area contributed by atoms with Crippen LogP contribution in [0.1, 0.15) is 17.9 Å². The van der Waals surface area contributed by atoms with E-state index in [4.69, 9.17) is 13.9 Å². The molecule has 1 amide bonds. The molecule has 0 unspecified atom stereocenters. The number of halogens is 2. The van der Waals surface area contributed by atoms with Gasteiger partial charge >= 0.3 is 0 Å². The summed E-state index contributed by atoms with van der Waals surface area (Å²) in [6.45, 7) is 0.535. The third-order valence-corrected chi connectivity index (χ3v) is 4.26. The zero-order valence-corrected chi connectivity index (χ0v) is 14.7. The van der Waals surface area contributed by atoms with Gasteiger partial charge in [-0.3, -0.25) is 4.79 Å². The molecule has 0 spiro atoms. The number of nitrogens with one attached hydrogen (secondary N) is 1. The van der Waals surface area contributed by atoms with Crippen molar-refractivity contribution in [3.05, 3.63) is 65.7 Å². The molecule has 0 bridgehead atoms. The minimum absolute atomic E-state index is 0.00799. The van der Waals surface area contributed by atoms with E-state index < -0.39 is 11.6 Å². The summed E-state index contributed by atoms with van der Waals surface area (Å²) >= 11 is 0. The Morgan fingerprint density at radius 2 is 1.89 bits per heavy atom. The number of benzene rings is 2. The zero-order chi connectivity index (χ0) is 19.5. The number of carbonyl (C=O) groups is 1. The van der Waals surface area contributed by atoms with Gasteiger partial charge < -0.3 is 19.2 Å². The van der Waals surface area contributed by atoms with E-state index in [1.165, 1.54) is 12.3 Å². The van der Waals surface area contributed by atoms with Crippen LogP contribution in [0.5, 0.6) is 11.5 Å². The Hall–Kier alpha value is -3.42. The summed E-state index contributed by atoms with van der Waals surface area (Å²) in [5, 5.41) is 2.79. The highest BCUT2D eigenvalue weighted by Crippen LogP contribution is 2.32. The van der Waals surface area contributed by atoms with Crippen molar-refractivity contribution in [3.8, 4) is 22.8 Å². The lowest BCUT2D eigenvalue weighted by molar-refractivity contribution is -0.121. The van der Waals surface area contributed by atoms with Gasteiger partial charge in [-0.1, -0.05) is 12.1 Å². The quantitative estimate of drug-likeness (QED) is 0.701. The van der Waals surface area contributed by atoms with Crippen LogP contribution in [0.25, 0.3) is 11.3 Å². The van der Waals surface area contributed by atoms with Gasteiger partial charge in [0.2, 0.25) is 12.7 Å². The van der Waals surface area contributed by atoms with Gasteiger partial charge in [-0.15, -0.1) is 0 Å². The summed E-state index contributed by atoms with van der Waals surface area (Å²) in [4.78, 5) is 16.0. The molecule has 4 rings (SSSR count). The number of oxazole rings is 1. The Morgan fingerprint density at radius 1 is 1.11 bits per heavy atom. The number of carbonyl (C=O) groups excluding carboxylic acids is 1. The van der Waals surface area contributed by atoms with E-state index in [1.807, 2.05) is 12.1 Å². The predicted molar refractivity (Wildman–Crippen MR) is 94.6 cm³/mol. The van der Waals surface area contributed by atoms with E-state index in [1.54, 1.807) is 6.07 Å². The first kappa shape index (κ1) is 18.0. The van der Waals surface area contributed by atoms with Crippen molar-refractivity contribution in [2.75, 3.05) is 6.79 Å². The van der Waals surface area contributed by atoms with E-state index in [0.717, 1.165) is 17.7 Å². The second kappa shape index (κ2) is 7.67. The number of amides is 1. The molecule has 0 saturated carbocycles. The maximum absolute atomic E-state index is 13.8. The van der Waals surface area contributed by atoms with Gasteiger partial charge in [-0.05, 0) is 29.8 Å². The number of nitrogens with zero attached hydrogens (tertiary/aromatic N) is 1. The van der Waals surface area contributed by atoms with Crippen molar-refractivity contribution in [2.45, 2.75) is 19.4 Å². The number of hydrogen-bond acceptors (Lipinski definition) is 5. The van der Waals surface area contributed by atoms with Gasteiger partial charge in [0.1, 0.15) is 11.6 Å². The van der Waals surface area contributed by atoms with Crippen molar-refractivity contribution in [1.82, 2.24) is 10.3 Å². The molecule has 28 heavy (non-hydrogen) atoms. The molecule has 0 radical (unpaired) electrons. The lowest BCUT2D eigenvalue weighted by Crippen LogP contribution is -2.23. The zero-order valence-electron chi connectivity index (χ0n) is 14.7. The van der Waals surface area contributed by atoms with Crippen LogP contribution in [0.15, 0.2) is 47.0 Å². The van der Waals surface area contributed by atoms with E-state index in [2.05, 4.69) is 10.3 Å². The number of ether oxygens (including phenoxy) is 2. The summed E-state index contributed by atoms with van der Waals surface area (Å²) in [6.07, 6.45) is 1.59. The second-order valence-electron chi connectivity index (χ2n) is 6.18. The first-order valence-electron chi connectivity index (χ1n) is 8.64. The molecule has 2 aromatic carbocycles. The first-order chi connectivity index (χ1) is 13.6. The Kier molecular flexibility index (Phi) is 4.92. The fourth-order valence-electron chi connectivity index (χ4n) is 2.84. The van der Waals surface area contributed by atoms with Crippen LogP contribution in [0.2, 0.25) is 0 Å². The van der Waals surface area contributed by atoms with E-state index in [9.17, 15) is 13.6 Å². The highest BCUT2D eigenvalue weighted by molar-refractivity contribution is 5.76. The molecule has 1 N–H and O–H groups in total. The Morgan fingerprint density at radius 3 is 2.71 bits per heavy atom. The summed E-state index contributed by atoms with van der Waals surface area (Å²) < 4.78 is 43.5. The van der Waals surface area contributed by atoms with Gasteiger partial charge in [0.05, 0.1) is 11.8 Å². The Bertz CT molecular complexity index is 999. The summed E-state index contributed by atoms with van der Waals surface area (Å²) in [6, 6.07) is 9.01. The third-order valence-electron chi connectivity index (χ3n) is 4.26. The van der Waals surface area contributed by atoms with Gasteiger partial charge in [-0.25, -0.2) is 13.8 Å². The molecule has 1 aliphatic heterocycles. The fourth-order valence-corrected chi connectivity index (χ4v) is 2.84. The van der Waals surface area contributed by atoms with Crippen LogP contribution in [0.4, 0.5) is 8.78 Å². The van der Waals surface area contributed by atoms with Crippen LogP contribution < -0.4 is 14.8 Å². The highest BCUT2D eigenvalue weighted by Gasteiger charge is 2.17. The highest BCUT2D eigenvalue weighted by atomic mass is 19.1. The summed E-state index contributed by atoms with van der Waals surface area (Å²) in [5.74, 6) is -0.106. The maximum atomic E-state index is 13.8. The average molecular weight is 386 g/mol. The van der Waals surface area contributed by atoms with Crippen LogP contribution >= 0.6 is 0 Å². The molecule has 0 saturated heterocycles. The van der Waals surface area contributed by atoms with E-state index in [-0.39, 0.29) is 42.8 Å². The second-order valence-corrected chi connectivity index (χ2v) is 6.18. The molecular weight excluding hydrogens is 370 g/mol. The molecular formula is C20H16F2N2O4. The topological polar surface area (TPSA) is 73.6 Å². The molecule has 2 heterocycles. The number of aromatic nitrogens is 1. The van der Waals surface area contributed by atoms with Gasteiger partial charge in [0.25, 0.3) is 0 Å². The first-order valence-corrected chi connectivity index (χ1v) is 8.64. The number of rotatable bonds is 6. The summed E-state index contributed by atoms with van der Waals surface area (Å²) in [5.41, 5.74) is 0.611. The largest absolute Gasteiger partial charge is 0.454 e. The molecule has 0 aliphatic carbocycles. The van der Waals surface area contributed by atoms with Crippen LogP contribution in [0.3, 0.4) is 0 Å². The van der Waals surface area contributed by atoms with Gasteiger partial charge in [-0.2, -0.15) is 0 Å². The molecule has 8 heteroatoms. The molecule has 6 nitrogen and oxygen atoms in total. The van der Waals surface area contributed by atoms with Crippen molar-refractivity contribution < 1.29 is 27.5 Å². The maximum Gasteiger partial charge on any atom is 0.231 e. The van der Waals surface area contributed by atoms with Crippen molar-refractivity contribution in [2.24, 2.45) is 0 Å². The summed E-state index contributed by atoms with van der Waals surface area (Å²) in [7, 11) is 0. The molecule has 3 aromatic rings. The normalized spacial score (nSPS) is 12.2. The van der Waals surface area contributed by atoms with Crippen LogP contribution in [0, 0.1) is 11.6 Å². The van der Waals surface area contributed by atoms with Gasteiger partial charge in [0, 0.05) is 19.4 Å². The van der Waals surface area contributed by atoms with Crippen molar-refractivity contribution >= 4 is 5.91 Å². The lowest BCUT2D eigenvalue weighted by atomic mass is 10.1. The van der Waals surface area contributed by atoms with E-state index >= 15 is 0 Å². The standard InChI is InChI=1S/C20H16F2N2O4/c21-13-2-1-3-14(22)20(13)17-10-24-19(28-17)7-6-18(25)23-9-12-4-5-15-16(8-12)27-11-26-15/h1-5,8,10H,6-7,9,11H2,(H,23,25). The lowest BCUT2D eigenvalue weighted by Gasteiger charge is -2.05. The minimum atomic E-state index is -0.732. The Labute approximate surface area is 159 Å². The van der Waals surface area contributed by atoms with Gasteiger partial charge in [0.15, 0.2) is 23.1 Å². The average Bonchev–Trinajstić information content (AvgIpc) is 3.33. The van der Waals surface area contributed by atoms with Crippen LogP contribution in [-0.4, -0.2) is 17.7 Å². The number of aryl methyl sites for hydroxylation is 1. The molecule has 1 aromatic heterocycles. The monoisotopic (exact) mass is 386 g/mol. The smallest absolute Gasteiger partial charge is 0.231 e.